The zero-order valence-corrected chi connectivity index (χ0v) is 18.7. The van der Waals surface area contributed by atoms with E-state index in [2.05, 4.69) is 18.0 Å². The molecule has 0 aromatic heterocycles. The molecule has 2 rings (SSSR count). The number of hydrogen-bond donors (Lipinski definition) is 1. The predicted molar refractivity (Wildman–Crippen MR) is 122 cm³/mol. The van der Waals surface area contributed by atoms with Crippen molar-refractivity contribution in [2.75, 3.05) is 31.5 Å². The lowest BCUT2D eigenvalue weighted by Crippen LogP contribution is -2.33. The Balaban J connectivity index is 2.11. The minimum absolute atomic E-state index is 0.0931. The molecule has 0 bridgehead atoms. The number of nitrogens with one attached hydrogen (secondary N) is 1. The summed E-state index contributed by atoms with van der Waals surface area (Å²) in [6, 6.07) is 15.6. The molecule has 1 N–H and O–H groups in total. The van der Waals surface area contributed by atoms with Crippen molar-refractivity contribution in [1.82, 2.24) is 9.21 Å². The van der Waals surface area contributed by atoms with E-state index < -0.39 is 10.0 Å². The molecule has 31 heavy (non-hydrogen) atoms. The van der Waals surface area contributed by atoms with Gasteiger partial charge in [0.2, 0.25) is 15.9 Å². The van der Waals surface area contributed by atoms with Crippen molar-refractivity contribution in [3.8, 4) is 6.07 Å². The molecule has 0 saturated carbocycles. The van der Waals surface area contributed by atoms with E-state index in [9.17, 15) is 13.2 Å². The molecule has 1 amide bonds. The zero-order valence-electron chi connectivity index (χ0n) is 17.9. The molecular weight excluding hydrogens is 412 g/mol. The summed E-state index contributed by atoms with van der Waals surface area (Å²) in [6.45, 7) is 9.12. The first kappa shape index (κ1) is 24.3. The third-order valence-electron chi connectivity index (χ3n) is 4.68. The summed E-state index contributed by atoms with van der Waals surface area (Å²) >= 11 is 0. The van der Waals surface area contributed by atoms with Crippen molar-refractivity contribution in [2.24, 2.45) is 0 Å². The molecule has 7 nitrogen and oxygen atoms in total. The van der Waals surface area contributed by atoms with Gasteiger partial charge >= 0.3 is 0 Å². The molecule has 164 valence electrons. The van der Waals surface area contributed by atoms with Gasteiger partial charge in [0.25, 0.3) is 0 Å². The second kappa shape index (κ2) is 11.4. The number of nitrogens with zero attached hydrogens (tertiary/aromatic N) is 3. The molecule has 0 fully saturated rings. The Morgan fingerprint density at radius 3 is 2.52 bits per heavy atom. The van der Waals surface area contributed by atoms with Gasteiger partial charge in [-0.3, -0.25) is 9.69 Å². The van der Waals surface area contributed by atoms with Gasteiger partial charge in [0, 0.05) is 31.9 Å². The Morgan fingerprint density at radius 1 is 1.16 bits per heavy atom. The lowest BCUT2D eigenvalue weighted by atomic mass is 10.1. The summed E-state index contributed by atoms with van der Waals surface area (Å²) in [5.74, 6) is -0.268. The number of carbonyl (C=O) groups excluding carboxylic acids is 1. The smallest absolute Gasteiger partial charge is 0.243 e. The van der Waals surface area contributed by atoms with Crippen LogP contribution in [0.3, 0.4) is 0 Å². The van der Waals surface area contributed by atoms with Gasteiger partial charge < -0.3 is 5.32 Å². The highest BCUT2D eigenvalue weighted by Crippen LogP contribution is 2.19. The van der Waals surface area contributed by atoms with Crippen molar-refractivity contribution >= 4 is 21.6 Å². The van der Waals surface area contributed by atoms with Gasteiger partial charge in [0.15, 0.2) is 0 Å². The summed E-state index contributed by atoms with van der Waals surface area (Å²) < 4.78 is 26.8. The van der Waals surface area contributed by atoms with Gasteiger partial charge in [-0.05, 0) is 35.9 Å². The van der Waals surface area contributed by atoms with Crippen molar-refractivity contribution in [1.29, 1.82) is 5.26 Å². The van der Waals surface area contributed by atoms with Crippen LogP contribution in [0.25, 0.3) is 0 Å². The van der Waals surface area contributed by atoms with E-state index >= 15 is 0 Å². The maximum atomic E-state index is 12.7. The Bertz CT molecular complexity index is 1060. The Kier molecular flexibility index (Phi) is 8.94. The van der Waals surface area contributed by atoms with Crippen LogP contribution in [0.4, 0.5) is 5.69 Å². The van der Waals surface area contributed by atoms with Crippen molar-refractivity contribution in [3.05, 3.63) is 72.3 Å². The molecule has 0 spiro atoms. The molecule has 0 saturated heterocycles. The fraction of sp³-hybridized carbons (Fsp3) is 0.304. The number of anilines is 1. The molecule has 0 aliphatic rings. The van der Waals surface area contributed by atoms with E-state index in [4.69, 9.17) is 5.26 Å². The summed E-state index contributed by atoms with van der Waals surface area (Å²) in [6.07, 6.45) is 1.71. The lowest BCUT2D eigenvalue weighted by Gasteiger charge is -2.21. The number of sulfonamides is 1. The molecule has 2 aromatic carbocycles. The van der Waals surface area contributed by atoms with Crippen LogP contribution in [0.1, 0.15) is 25.0 Å². The van der Waals surface area contributed by atoms with Crippen LogP contribution in [0.2, 0.25) is 0 Å². The van der Waals surface area contributed by atoms with Crippen molar-refractivity contribution in [2.45, 2.75) is 25.3 Å². The van der Waals surface area contributed by atoms with Crippen LogP contribution in [-0.2, 0) is 21.4 Å². The molecular formula is C23H28N4O3S. The highest BCUT2D eigenvalue weighted by atomic mass is 32.2. The van der Waals surface area contributed by atoms with Crippen LogP contribution in [0.5, 0.6) is 0 Å². The summed E-state index contributed by atoms with van der Waals surface area (Å²) in [5.41, 5.74) is 1.90. The molecule has 2 aromatic rings. The van der Waals surface area contributed by atoms with Crippen LogP contribution < -0.4 is 5.32 Å². The first-order chi connectivity index (χ1) is 14.8. The number of nitriles is 1. The minimum Gasteiger partial charge on any atom is -0.325 e. The molecule has 0 heterocycles. The topological polar surface area (TPSA) is 93.5 Å². The number of carbonyl (C=O) groups is 1. The normalized spacial score (nSPS) is 11.3. The van der Waals surface area contributed by atoms with Gasteiger partial charge in [-0.1, -0.05) is 38.1 Å². The molecule has 0 atom stereocenters. The molecule has 0 radical (unpaired) electrons. The third kappa shape index (κ3) is 6.76. The Hall–Kier alpha value is -2.99. The predicted octanol–water partition coefficient (Wildman–Crippen LogP) is 3.22. The summed E-state index contributed by atoms with van der Waals surface area (Å²) in [4.78, 5) is 14.6. The molecule has 0 unspecified atom stereocenters. The molecule has 0 aliphatic heterocycles. The highest BCUT2D eigenvalue weighted by Gasteiger charge is 2.22. The quantitative estimate of drug-likeness (QED) is 0.542. The maximum absolute atomic E-state index is 12.7. The monoisotopic (exact) mass is 440 g/mol. The van der Waals surface area contributed by atoms with Crippen LogP contribution in [0, 0.1) is 11.3 Å². The standard InChI is InChI=1S/C23H28N4O3S/c1-4-13-26(17-20-10-7-9-19(14-20)16-24)18-23(28)25-21-11-8-12-22(15-21)31(29,30)27(5-2)6-3/h4,7-12,14-15H,1,5-6,13,17-18H2,2-3H3,(H,25,28). The second-order valence-electron chi connectivity index (χ2n) is 6.94. The minimum atomic E-state index is -3.61. The third-order valence-corrected chi connectivity index (χ3v) is 6.72. The van der Waals surface area contributed by atoms with E-state index in [0.29, 0.717) is 37.4 Å². The van der Waals surface area contributed by atoms with E-state index in [-0.39, 0.29) is 17.3 Å². The fourth-order valence-corrected chi connectivity index (χ4v) is 4.72. The van der Waals surface area contributed by atoms with Crippen molar-refractivity contribution in [3.63, 3.8) is 0 Å². The van der Waals surface area contributed by atoms with Crippen molar-refractivity contribution < 1.29 is 13.2 Å². The van der Waals surface area contributed by atoms with Crippen LogP contribution in [-0.4, -0.2) is 49.7 Å². The maximum Gasteiger partial charge on any atom is 0.243 e. The zero-order chi connectivity index (χ0) is 22.9. The summed E-state index contributed by atoms with van der Waals surface area (Å²) in [5, 5.41) is 11.8. The number of benzene rings is 2. The molecule has 8 heteroatoms. The highest BCUT2D eigenvalue weighted by molar-refractivity contribution is 7.89. The number of rotatable bonds is 11. The first-order valence-corrected chi connectivity index (χ1v) is 11.5. The number of amides is 1. The number of hydrogen-bond acceptors (Lipinski definition) is 5. The van der Waals surface area contributed by atoms with Gasteiger partial charge in [-0.25, -0.2) is 8.42 Å². The van der Waals surface area contributed by atoms with Gasteiger partial charge in [-0.2, -0.15) is 9.57 Å². The van der Waals surface area contributed by atoms with Crippen LogP contribution in [0.15, 0.2) is 66.1 Å². The van der Waals surface area contributed by atoms with E-state index in [0.717, 1.165) is 5.56 Å². The van der Waals surface area contributed by atoms with Crippen LogP contribution >= 0.6 is 0 Å². The average Bonchev–Trinajstić information content (AvgIpc) is 2.75. The SMILES string of the molecule is C=CCN(CC(=O)Nc1cccc(S(=O)(=O)N(CC)CC)c1)Cc1cccc(C#N)c1. The van der Waals surface area contributed by atoms with Gasteiger partial charge in [-0.15, -0.1) is 6.58 Å². The second-order valence-corrected chi connectivity index (χ2v) is 8.87. The fourth-order valence-electron chi connectivity index (χ4n) is 3.22. The largest absolute Gasteiger partial charge is 0.325 e. The van der Waals surface area contributed by atoms with E-state index in [1.807, 2.05) is 17.0 Å². The Labute approximate surface area is 184 Å². The molecule has 0 aliphatic carbocycles. The van der Waals surface area contributed by atoms with E-state index in [1.165, 1.54) is 16.4 Å². The lowest BCUT2D eigenvalue weighted by molar-refractivity contribution is -0.117. The van der Waals surface area contributed by atoms with E-state index in [1.54, 1.807) is 44.2 Å². The Morgan fingerprint density at radius 2 is 1.87 bits per heavy atom. The van der Waals surface area contributed by atoms with Gasteiger partial charge in [0.05, 0.1) is 23.1 Å². The first-order valence-electron chi connectivity index (χ1n) is 10.1. The summed E-state index contributed by atoms with van der Waals surface area (Å²) in [7, 11) is -3.61. The average molecular weight is 441 g/mol. The van der Waals surface area contributed by atoms with Gasteiger partial charge in [0.1, 0.15) is 0 Å².